The van der Waals surface area contributed by atoms with Gasteiger partial charge < -0.3 is 15.0 Å². The van der Waals surface area contributed by atoms with Gasteiger partial charge in [-0.25, -0.2) is 4.79 Å². The molecule has 0 aliphatic heterocycles. The minimum atomic E-state index is -0.686. The van der Waals surface area contributed by atoms with Crippen LogP contribution in [-0.4, -0.2) is 38.4 Å². The number of Topliss-reactive ketones (excluding diaryl/α,β-unsaturated/α-hetero) is 1. The first-order valence-electron chi connectivity index (χ1n) is 10.2. The lowest BCUT2D eigenvalue weighted by Crippen LogP contribution is -2.21. The second-order valence-corrected chi connectivity index (χ2v) is 7.39. The van der Waals surface area contributed by atoms with E-state index in [0.29, 0.717) is 22.6 Å². The fourth-order valence-electron chi connectivity index (χ4n) is 2.86. The number of carbonyl (C=O) groups excluding carboxylic acids is 3. The van der Waals surface area contributed by atoms with Gasteiger partial charge in [0.25, 0.3) is 5.91 Å². The van der Waals surface area contributed by atoms with Crippen LogP contribution in [0.1, 0.15) is 27.6 Å². The molecule has 0 aromatic heterocycles. The quantitative estimate of drug-likeness (QED) is 0.294. The molecule has 0 heterocycles. The van der Waals surface area contributed by atoms with Crippen molar-refractivity contribution in [2.45, 2.75) is 6.92 Å². The predicted octanol–water partition coefficient (Wildman–Crippen LogP) is 5.17. The second-order valence-electron chi connectivity index (χ2n) is 7.39. The minimum absolute atomic E-state index is 0.0665. The van der Waals surface area contributed by atoms with Gasteiger partial charge >= 0.3 is 5.97 Å². The molecule has 0 saturated carbocycles. The molecule has 0 atom stereocenters. The lowest BCUT2D eigenvalue weighted by molar-refractivity contribution is -0.119. The Balaban J connectivity index is 1.61. The number of esters is 1. The highest BCUT2D eigenvalue weighted by Gasteiger charge is 2.14. The number of ether oxygens (including phenoxy) is 1. The maximum absolute atomic E-state index is 12.5. The lowest BCUT2D eigenvalue weighted by Gasteiger charge is -2.11. The molecule has 168 valence electrons. The largest absolute Gasteiger partial charge is 0.452 e. The Hall–Kier alpha value is -4.33. The molecule has 0 unspecified atom stereocenters. The number of hydrogen-bond donors (Lipinski definition) is 1. The number of benzene rings is 3. The van der Waals surface area contributed by atoms with Gasteiger partial charge in [0.1, 0.15) is 5.69 Å². The first-order valence-corrected chi connectivity index (χ1v) is 10.2. The highest BCUT2D eigenvalue weighted by atomic mass is 16.5. The number of hydrogen-bond acceptors (Lipinski definition) is 7. The fraction of sp³-hybridized carbons (Fsp3) is 0.160. The molecule has 3 aromatic rings. The third kappa shape index (κ3) is 6.57. The van der Waals surface area contributed by atoms with Crippen LogP contribution in [0.4, 0.5) is 22.7 Å². The summed E-state index contributed by atoms with van der Waals surface area (Å²) in [5.74, 6) is -1.25. The Morgan fingerprint density at radius 2 is 1.55 bits per heavy atom. The number of ketones is 1. The zero-order valence-electron chi connectivity index (χ0n) is 18.6. The number of nitrogens with one attached hydrogen (secondary N) is 1. The minimum Gasteiger partial charge on any atom is -0.452 e. The van der Waals surface area contributed by atoms with E-state index in [9.17, 15) is 14.4 Å². The number of azo groups is 1. The van der Waals surface area contributed by atoms with E-state index in [1.54, 1.807) is 48.5 Å². The van der Waals surface area contributed by atoms with Gasteiger partial charge in [-0.3, -0.25) is 9.59 Å². The molecule has 0 saturated heterocycles. The van der Waals surface area contributed by atoms with Crippen molar-refractivity contribution in [3.05, 3.63) is 83.9 Å². The summed E-state index contributed by atoms with van der Waals surface area (Å²) >= 11 is 0. The van der Waals surface area contributed by atoms with Crippen LogP contribution in [0.3, 0.4) is 0 Å². The van der Waals surface area contributed by atoms with E-state index in [4.69, 9.17) is 4.74 Å². The molecule has 1 N–H and O–H groups in total. The van der Waals surface area contributed by atoms with Gasteiger partial charge in [0, 0.05) is 31.0 Å². The van der Waals surface area contributed by atoms with Crippen molar-refractivity contribution in [1.82, 2.24) is 0 Å². The molecule has 0 spiro atoms. The van der Waals surface area contributed by atoms with Gasteiger partial charge in [0.05, 0.1) is 11.3 Å². The summed E-state index contributed by atoms with van der Waals surface area (Å²) in [5.41, 5.74) is 3.24. The molecular formula is C25H24N4O4. The Morgan fingerprint density at radius 1 is 0.879 bits per heavy atom. The number of anilines is 2. The average molecular weight is 444 g/mol. The predicted molar refractivity (Wildman–Crippen MR) is 127 cm³/mol. The Labute approximate surface area is 191 Å². The van der Waals surface area contributed by atoms with Gasteiger partial charge in [-0.05, 0) is 67.6 Å². The summed E-state index contributed by atoms with van der Waals surface area (Å²) in [4.78, 5) is 38.0. The smallest absolute Gasteiger partial charge is 0.340 e. The number of carbonyl (C=O) groups is 3. The van der Waals surface area contributed by atoms with E-state index in [-0.39, 0.29) is 11.3 Å². The van der Waals surface area contributed by atoms with E-state index in [1.807, 2.05) is 43.3 Å². The van der Waals surface area contributed by atoms with Crippen molar-refractivity contribution in [2.75, 3.05) is 30.9 Å². The highest BCUT2D eigenvalue weighted by Crippen LogP contribution is 2.24. The van der Waals surface area contributed by atoms with Crippen LogP contribution in [0.25, 0.3) is 0 Å². The molecular weight excluding hydrogens is 420 g/mol. The van der Waals surface area contributed by atoms with Crippen LogP contribution in [0, 0.1) is 0 Å². The maximum Gasteiger partial charge on any atom is 0.340 e. The fourth-order valence-corrected chi connectivity index (χ4v) is 2.86. The average Bonchev–Trinajstić information content (AvgIpc) is 2.82. The van der Waals surface area contributed by atoms with E-state index in [2.05, 4.69) is 15.5 Å². The SMILES string of the molecule is CC(=O)c1ccc(NC(=O)COC(=O)c2ccccc2N=Nc2ccc(N(C)C)cc2)cc1. The summed E-state index contributed by atoms with van der Waals surface area (Å²) in [6.45, 7) is 0.996. The van der Waals surface area contributed by atoms with E-state index >= 15 is 0 Å². The monoisotopic (exact) mass is 444 g/mol. The molecule has 0 aliphatic rings. The summed E-state index contributed by atoms with van der Waals surface area (Å²) in [5, 5.41) is 11.0. The van der Waals surface area contributed by atoms with Crippen LogP contribution in [0.15, 0.2) is 83.0 Å². The summed E-state index contributed by atoms with van der Waals surface area (Å²) in [6.07, 6.45) is 0. The normalized spacial score (nSPS) is 10.6. The number of nitrogens with zero attached hydrogens (tertiary/aromatic N) is 3. The third-order valence-electron chi connectivity index (χ3n) is 4.67. The van der Waals surface area contributed by atoms with Crippen molar-refractivity contribution in [3.8, 4) is 0 Å². The van der Waals surface area contributed by atoms with Gasteiger partial charge in [0.15, 0.2) is 12.4 Å². The molecule has 0 bridgehead atoms. The summed E-state index contributed by atoms with van der Waals surface area (Å²) < 4.78 is 5.15. The second kappa shape index (κ2) is 10.8. The lowest BCUT2D eigenvalue weighted by atomic mass is 10.1. The molecule has 1 amide bonds. The highest BCUT2D eigenvalue weighted by molar-refractivity contribution is 5.98. The zero-order valence-corrected chi connectivity index (χ0v) is 18.6. The summed E-state index contributed by atoms with van der Waals surface area (Å²) in [7, 11) is 3.89. The molecule has 0 aliphatic carbocycles. The van der Waals surface area contributed by atoms with Crippen molar-refractivity contribution in [1.29, 1.82) is 0 Å². The molecule has 3 rings (SSSR count). The Morgan fingerprint density at radius 3 is 2.18 bits per heavy atom. The van der Waals surface area contributed by atoms with Gasteiger partial charge in [-0.2, -0.15) is 5.11 Å². The van der Waals surface area contributed by atoms with Crippen LogP contribution in [0.2, 0.25) is 0 Å². The summed E-state index contributed by atoms with van der Waals surface area (Å²) in [6, 6.07) is 20.5. The molecule has 33 heavy (non-hydrogen) atoms. The third-order valence-corrected chi connectivity index (χ3v) is 4.67. The van der Waals surface area contributed by atoms with E-state index < -0.39 is 18.5 Å². The topological polar surface area (TPSA) is 100 Å². The van der Waals surface area contributed by atoms with Gasteiger partial charge in [0.2, 0.25) is 0 Å². The Bertz CT molecular complexity index is 1170. The van der Waals surface area contributed by atoms with Crippen LogP contribution < -0.4 is 10.2 Å². The van der Waals surface area contributed by atoms with Crippen molar-refractivity contribution >= 4 is 40.4 Å². The first-order chi connectivity index (χ1) is 15.8. The number of rotatable bonds is 8. The molecule has 8 heteroatoms. The van der Waals surface area contributed by atoms with Crippen molar-refractivity contribution in [3.63, 3.8) is 0 Å². The standard InChI is InChI=1S/C25H24N4O4/c1-17(30)18-8-10-19(11-9-18)26-24(31)16-33-25(32)22-6-4-5-7-23(22)28-27-20-12-14-21(15-13-20)29(2)3/h4-15H,16H2,1-3H3,(H,26,31). The van der Waals surface area contributed by atoms with Crippen molar-refractivity contribution < 1.29 is 19.1 Å². The van der Waals surface area contributed by atoms with Crippen LogP contribution in [0.5, 0.6) is 0 Å². The first kappa shape index (κ1) is 23.3. The Kier molecular flexibility index (Phi) is 7.64. The van der Waals surface area contributed by atoms with Crippen LogP contribution >= 0.6 is 0 Å². The van der Waals surface area contributed by atoms with E-state index in [0.717, 1.165) is 5.69 Å². The zero-order chi connectivity index (χ0) is 23.8. The number of amides is 1. The van der Waals surface area contributed by atoms with Crippen LogP contribution in [-0.2, 0) is 9.53 Å². The molecule has 8 nitrogen and oxygen atoms in total. The van der Waals surface area contributed by atoms with E-state index in [1.165, 1.54) is 6.92 Å². The maximum atomic E-state index is 12.5. The van der Waals surface area contributed by atoms with Gasteiger partial charge in [-0.1, -0.05) is 12.1 Å². The molecule has 0 radical (unpaired) electrons. The van der Waals surface area contributed by atoms with Crippen molar-refractivity contribution in [2.24, 2.45) is 10.2 Å². The molecule has 3 aromatic carbocycles. The van der Waals surface area contributed by atoms with Gasteiger partial charge in [-0.15, -0.1) is 5.11 Å². The molecule has 0 fully saturated rings.